The van der Waals surface area contributed by atoms with Crippen molar-refractivity contribution in [1.29, 1.82) is 0 Å². The summed E-state index contributed by atoms with van der Waals surface area (Å²) >= 11 is 19.3. The van der Waals surface area contributed by atoms with Gasteiger partial charge in [-0.2, -0.15) is 0 Å². The molecule has 2 aromatic carbocycles. The van der Waals surface area contributed by atoms with Crippen molar-refractivity contribution in [2.45, 2.75) is 56.5 Å². The van der Waals surface area contributed by atoms with E-state index in [1.807, 2.05) is 32.0 Å². The number of rotatable bonds is 9. The molecule has 8 heteroatoms. The monoisotopic (exact) mass is 518 g/mol. The lowest BCUT2D eigenvalue weighted by Crippen LogP contribution is -2.42. The molecule has 33 heavy (non-hydrogen) atoms. The summed E-state index contributed by atoms with van der Waals surface area (Å²) in [5.41, 5.74) is 0.723. The van der Waals surface area contributed by atoms with Crippen LogP contribution in [0.3, 0.4) is 0 Å². The van der Waals surface area contributed by atoms with E-state index in [0.717, 1.165) is 23.6 Å². The lowest BCUT2D eigenvalue weighted by Gasteiger charge is -2.31. The molecule has 0 aliphatic rings. The third-order valence-electron chi connectivity index (χ3n) is 5.38. The van der Waals surface area contributed by atoms with Gasteiger partial charge in [0.05, 0.1) is 22.3 Å². The summed E-state index contributed by atoms with van der Waals surface area (Å²) in [6, 6.07) is 10.8. The Morgan fingerprint density at radius 3 is 1.94 bits per heavy atom. The Bertz CT molecular complexity index is 1030. The van der Waals surface area contributed by atoms with Gasteiger partial charge in [0.1, 0.15) is 4.33 Å². The molecule has 2 aromatic rings. The maximum atomic E-state index is 14.6. The van der Waals surface area contributed by atoms with Gasteiger partial charge < -0.3 is 10.6 Å². The number of alkyl halides is 5. The van der Waals surface area contributed by atoms with Crippen LogP contribution in [0.4, 0.5) is 24.5 Å². The summed E-state index contributed by atoms with van der Waals surface area (Å²) in [6.07, 6.45) is 0. The van der Waals surface area contributed by atoms with Crippen molar-refractivity contribution in [2.24, 2.45) is 0 Å². The fraction of sp³-hybridized carbons (Fsp3) is 0.360. The summed E-state index contributed by atoms with van der Waals surface area (Å²) in [7, 11) is 0. The van der Waals surface area contributed by atoms with E-state index in [1.165, 1.54) is 0 Å². The summed E-state index contributed by atoms with van der Waals surface area (Å²) < 4.78 is 40.7. The molecule has 180 valence electrons. The van der Waals surface area contributed by atoms with Crippen molar-refractivity contribution in [3.8, 4) is 0 Å². The van der Waals surface area contributed by atoms with E-state index in [9.17, 15) is 13.2 Å². The molecule has 0 aliphatic carbocycles. The van der Waals surface area contributed by atoms with Gasteiger partial charge in [-0.05, 0) is 51.5 Å². The minimum Gasteiger partial charge on any atom is -0.359 e. The van der Waals surface area contributed by atoms with Crippen molar-refractivity contribution >= 4 is 46.2 Å². The Labute approximate surface area is 208 Å². The molecule has 2 rings (SSSR count). The molecule has 0 bridgehead atoms. The van der Waals surface area contributed by atoms with E-state index in [-0.39, 0.29) is 10.7 Å². The number of benzene rings is 2. The molecule has 0 saturated carbocycles. The second-order valence-electron chi connectivity index (χ2n) is 8.65. The van der Waals surface area contributed by atoms with Crippen LogP contribution in [0.25, 0.3) is 0 Å². The van der Waals surface area contributed by atoms with Gasteiger partial charge in [-0.3, -0.25) is 0 Å². The third kappa shape index (κ3) is 6.62. The first kappa shape index (κ1) is 27.4. The van der Waals surface area contributed by atoms with Gasteiger partial charge in [0.15, 0.2) is 0 Å². The minimum atomic E-state index is -3.64. The van der Waals surface area contributed by atoms with Crippen LogP contribution in [0, 0.1) is 13.8 Å². The number of anilines is 2. The Morgan fingerprint density at radius 1 is 0.909 bits per heavy atom. The van der Waals surface area contributed by atoms with Crippen molar-refractivity contribution in [2.75, 3.05) is 10.6 Å². The first-order valence-electron chi connectivity index (χ1n) is 10.2. The van der Waals surface area contributed by atoms with Crippen LogP contribution < -0.4 is 10.6 Å². The molecule has 0 heterocycles. The van der Waals surface area contributed by atoms with Crippen LogP contribution in [0.5, 0.6) is 0 Å². The molecule has 2 atom stereocenters. The predicted molar refractivity (Wildman–Crippen MR) is 136 cm³/mol. The zero-order valence-electron chi connectivity index (χ0n) is 19.2. The van der Waals surface area contributed by atoms with Gasteiger partial charge in [0.2, 0.25) is 5.67 Å². The Hall–Kier alpha value is -1.82. The van der Waals surface area contributed by atoms with E-state index < -0.39 is 27.5 Å². The van der Waals surface area contributed by atoms with Crippen molar-refractivity contribution in [3.05, 3.63) is 82.7 Å². The molecule has 0 amide bonds. The topological polar surface area (TPSA) is 24.1 Å². The van der Waals surface area contributed by atoms with Gasteiger partial charge in [0, 0.05) is 18.3 Å². The highest BCUT2D eigenvalue weighted by Gasteiger charge is 2.49. The lowest BCUT2D eigenvalue weighted by molar-refractivity contribution is -0.0931. The summed E-state index contributed by atoms with van der Waals surface area (Å²) in [6.45, 7) is 14.5. The van der Waals surface area contributed by atoms with Crippen LogP contribution in [0.1, 0.15) is 43.4 Å². The van der Waals surface area contributed by atoms with Gasteiger partial charge in [-0.15, -0.1) is 23.2 Å². The second kappa shape index (κ2) is 9.81. The quantitative estimate of drug-likeness (QED) is 0.323. The molecular weight excluding hydrogens is 492 g/mol. The summed E-state index contributed by atoms with van der Waals surface area (Å²) in [5, 5.41) is 5.94. The zero-order valence-corrected chi connectivity index (χ0v) is 21.5. The number of halogens is 6. The average molecular weight is 520 g/mol. The minimum absolute atomic E-state index is 0.202. The standard InChI is InChI=1S/C25H28Cl3F3N2/c1-14-10-15(2)12-18(11-14)22(24(6,27)28)16(3)32-19-8-9-20(26)21(13-19)33-17(4)23(5,29)25(7,30)31/h8-13,22,32-33H,3-4H2,1-2,5-7H3. The molecule has 0 saturated heterocycles. The molecule has 0 radical (unpaired) electrons. The van der Waals surface area contributed by atoms with Crippen molar-refractivity contribution < 1.29 is 13.2 Å². The zero-order chi connectivity index (χ0) is 25.4. The Kier molecular flexibility index (Phi) is 8.15. The van der Waals surface area contributed by atoms with Gasteiger partial charge in [0.25, 0.3) is 5.92 Å². The maximum absolute atomic E-state index is 14.6. The normalized spacial score (nSPS) is 14.9. The number of aryl methyl sites for hydroxylation is 2. The van der Waals surface area contributed by atoms with Crippen LogP contribution >= 0.6 is 34.8 Å². The second-order valence-corrected chi connectivity index (χ2v) is 10.8. The molecular formula is C25H28Cl3F3N2. The van der Waals surface area contributed by atoms with Crippen LogP contribution in [0.15, 0.2) is 61.0 Å². The first-order valence-corrected chi connectivity index (χ1v) is 11.3. The Balaban J connectivity index is 2.34. The van der Waals surface area contributed by atoms with E-state index in [4.69, 9.17) is 34.8 Å². The molecule has 0 spiro atoms. The fourth-order valence-electron chi connectivity index (χ4n) is 3.48. The largest absolute Gasteiger partial charge is 0.359 e. The number of hydrogen-bond donors (Lipinski definition) is 2. The molecule has 2 nitrogen and oxygen atoms in total. The molecule has 0 fully saturated rings. The van der Waals surface area contributed by atoms with Crippen LogP contribution in [-0.4, -0.2) is 15.9 Å². The molecule has 0 aliphatic heterocycles. The van der Waals surface area contributed by atoms with E-state index in [2.05, 4.69) is 23.8 Å². The van der Waals surface area contributed by atoms with E-state index in [1.54, 1.807) is 25.1 Å². The van der Waals surface area contributed by atoms with Crippen LogP contribution in [-0.2, 0) is 0 Å². The van der Waals surface area contributed by atoms with Crippen LogP contribution in [0.2, 0.25) is 5.02 Å². The average Bonchev–Trinajstić information content (AvgIpc) is 2.61. The highest BCUT2D eigenvalue weighted by Crippen LogP contribution is 2.43. The van der Waals surface area contributed by atoms with Gasteiger partial charge in [-0.25, -0.2) is 13.2 Å². The summed E-state index contributed by atoms with van der Waals surface area (Å²) in [5.74, 6) is -4.12. The van der Waals surface area contributed by atoms with E-state index in [0.29, 0.717) is 18.3 Å². The predicted octanol–water partition coefficient (Wildman–Crippen LogP) is 9.17. The SMILES string of the molecule is C=C(Nc1ccc(Cl)c(NC(=C)C(C)(F)C(C)(F)F)c1)C(c1cc(C)cc(C)c1)C(C)(Cl)Cl. The van der Waals surface area contributed by atoms with E-state index >= 15 is 0 Å². The number of nitrogens with one attached hydrogen (secondary N) is 2. The maximum Gasteiger partial charge on any atom is 0.284 e. The number of allylic oxidation sites excluding steroid dienone is 2. The molecule has 0 aromatic heterocycles. The fourth-order valence-corrected chi connectivity index (χ4v) is 4.16. The van der Waals surface area contributed by atoms with Crippen molar-refractivity contribution in [1.82, 2.24) is 0 Å². The molecule has 2 N–H and O–H groups in total. The highest BCUT2D eigenvalue weighted by atomic mass is 35.5. The van der Waals surface area contributed by atoms with Gasteiger partial charge in [-0.1, -0.05) is 54.1 Å². The number of hydrogen-bond acceptors (Lipinski definition) is 2. The third-order valence-corrected chi connectivity index (χ3v) is 6.15. The smallest absolute Gasteiger partial charge is 0.284 e. The highest BCUT2D eigenvalue weighted by molar-refractivity contribution is 6.48. The first-order chi connectivity index (χ1) is 14.9. The van der Waals surface area contributed by atoms with Gasteiger partial charge >= 0.3 is 0 Å². The lowest BCUT2D eigenvalue weighted by atomic mass is 9.90. The summed E-state index contributed by atoms with van der Waals surface area (Å²) in [4.78, 5) is 0. The Morgan fingerprint density at radius 2 is 1.45 bits per heavy atom. The van der Waals surface area contributed by atoms with Crippen molar-refractivity contribution in [3.63, 3.8) is 0 Å². The molecule has 2 unspecified atom stereocenters.